The molecule has 0 amide bonds. The maximum atomic E-state index is 13.4. The molecule has 0 aliphatic rings. The van der Waals surface area contributed by atoms with E-state index in [1.807, 2.05) is 0 Å². The fourth-order valence-corrected chi connectivity index (χ4v) is 3.54. The summed E-state index contributed by atoms with van der Waals surface area (Å²) in [6.45, 7) is 0. The maximum absolute atomic E-state index is 13.4. The fourth-order valence-electron chi connectivity index (χ4n) is 3.41. The van der Waals surface area contributed by atoms with Crippen LogP contribution in [-0.2, 0) is 6.42 Å². The molecular weight excluding hydrogens is 416 g/mol. The number of carbonyl (C=O) groups is 1. The maximum Gasteiger partial charge on any atom is 0.196 e. The molecule has 0 bridgehead atoms. The second-order valence-corrected chi connectivity index (χ2v) is 7.38. The van der Waals surface area contributed by atoms with E-state index in [2.05, 4.69) is 0 Å². The number of ether oxygens (including phenoxy) is 2. The van der Waals surface area contributed by atoms with Crippen LogP contribution in [-0.4, -0.2) is 20.0 Å². The Morgan fingerprint density at radius 1 is 0.935 bits per heavy atom. The summed E-state index contributed by atoms with van der Waals surface area (Å²) in [5, 5.41) is 0.950. The molecule has 0 radical (unpaired) electrons. The molecule has 31 heavy (non-hydrogen) atoms. The Hall–Kier alpha value is -3.57. The molecule has 1 heterocycles. The zero-order chi connectivity index (χ0) is 22.0. The van der Waals surface area contributed by atoms with E-state index < -0.39 is 0 Å². The smallest absolute Gasteiger partial charge is 0.196 e. The van der Waals surface area contributed by atoms with Gasteiger partial charge in [0.15, 0.2) is 11.2 Å². The standard InChI is InChI=1S/C25H19ClO5/c1-29-18-11-16(12-19(13-18)30-2)25-21(14-22(27)15-7-9-17(26)10-8-15)24(28)20-5-3-4-6-23(20)31-25/h3-13H,14H2,1-2H3. The quantitative estimate of drug-likeness (QED) is 0.372. The third-order valence-corrected chi connectivity index (χ3v) is 5.26. The minimum atomic E-state index is -0.249. The average Bonchev–Trinajstić information content (AvgIpc) is 2.80. The normalized spacial score (nSPS) is 10.8. The van der Waals surface area contributed by atoms with E-state index >= 15 is 0 Å². The highest BCUT2D eigenvalue weighted by Crippen LogP contribution is 2.33. The van der Waals surface area contributed by atoms with E-state index in [1.54, 1.807) is 80.9 Å². The molecule has 1 aromatic heterocycles. The number of fused-ring (bicyclic) bond motifs is 1. The minimum Gasteiger partial charge on any atom is -0.497 e. The van der Waals surface area contributed by atoms with Crippen LogP contribution in [0.4, 0.5) is 0 Å². The lowest BCUT2D eigenvalue weighted by molar-refractivity contribution is 0.0992. The summed E-state index contributed by atoms with van der Waals surface area (Å²) in [4.78, 5) is 26.3. The summed E-state index contributed by atoms with van der Waals surface area (Å²) in [5.74, 6) is 1.18. The number of Topliss-reactive ketones (excluding diaryl/α,β-unsaturated/α-hetero) is 1. The van der Waals surface area contributed by atoms with Crippen LogP contribution in [0.3, 0.4) is 0 Å². The van der Waals surface area contributed by atoms with Crippen molar-refractivity contribution in [3.63, 3.8) is 0 Å². The zero-order valence-corrected chi connectivity index (χ0v) is 17.7. The lowest BCUT2D eigenvalue weighted by atomic mass is 9.97. The average molecular weight is 435 g/mol. The van der Waals surface area contributed by atoms with Crippen LogP contribution in [0.15, 0.2) is 75.9 Å². The summed E-state index contributed by atoms with van der Waals surface area (Å²) in [5.41, 5.74) is 1.51. The van der Waals surface area contributed by atoms with Crippen molar-refractivity contribution in [3.05, 3.63) is 93.1 Å². The van der Waals surface area contributed by atoms with Gasteiger partial charge < -0.3 is 13.9 Å². The largest absolute Gasteiger partial charge is 0.497 e. The molecule has 0 N–H and O–H groups in total. The van der Waals surface area contributed by atoms with Gasteiger partial charge in [-0.25, -0.2) is 0 Å². The molecule has 0 atom stereocenters. The Labute approximate surface area is 183 Å². The highest BCUT2D eigenvalue weighted by atomic mass is 35.5. The fraction of sp³-hybridized carbons (Fsp3) is 0.120. The number of methoxy groups -OCH3 is 2. The third kappa shape index (κ3) is 4.18. The monoisotopic (exact) mass is 434 g/mol. The van der Waals surface area contributed by atoms with Gasteiger partial charge in [-0.15, -0.1) is 0 Å². The molecule has 0 spiro atoms. The SMILES string of the molecule is COc1cc(OC)cc(-c2oc3ccccc3c(=O)c2CC(=O)c2ccc(Cl)cc2)c1. The van der Waals surface area contributed by atoms with Crippen LogP contribution >= 0.6 is 11.6 Å². The van der Waals surface area contributed by atoms with Crippen molar-refractivity contribution in [3.8, 4) is 22.8 Å². The highest BCUT2D eigenvalue weighted by Gasteiger charge is 2.20. The number of hydrogen-bond donors (Lipinski definition) is 0. The Bertz CT molecular complexity index is 1300. The first kappa shape index (κ1) is 20.7. The van der Waals surface area contributed by atoms with Gasteiger partial charge in [-0.3, -0.25) is 9.59 Å². The summed E-state index contributed by atoms with van der Waals surface area (Å²) < 4.78 is 16.8. The van der Waals surface area contributed by atoms with Gasteiger partial charge in [0.25, 0.3) is 0 Å². The van der Waals surface area contributed by atoms with Gasteiger partial charge in [-0.1, -0.05) is 23.7 Å². The van der Waals surface area contributed by atoms with E-state index in [0.29, 0.717) is 44.4 Å². The molecule has 0 unspecified atom stereocenters. The third-order valence-electron chi connectivity index (χ3n) is 5.01. The molecule has 0 aliphatic heterocycles. The van der Waals surface area contributed by atoms with Crippen molar-refractivity contribution in [2.24, 2.45) is 0 Å². The van der Waals surface area contributed by atoms with E-state index in [4.69, 9.17) is 25.5 Å². The summed E-state index contributed by atoms with van der Waals surface area (Å²) >= 11 is 5.93. The molecule has 4 aromatic rings. The predicted molar refractivity (Wildman–Crippen MR) is 121 cm³/mol. The molecule has 3 aromatic carbocycles. The van der Waals surface area contributed by atoms with Gasteiger partial charge in [-0.05, 0) is 48.5 Å². The second kappa shape index (κ2) is 8.66. The first-order chi connectivity index (χ1) is 15.0. The number of benzene rings is 3. The van der Waals surface area contributed by atoms with Crippen LogP contribution < -0.4 is 14.9 Å². The van der Waals surface area contributed by atoms with Crippen molar-refractivity contribution < 1.29 is 18.7 Å². The summed E-state index contributed by atoms with van der Waals surface area (Å²) in [7, 11) is 3.08. The first-order valence-electron chi connectivity index (χ1n) is 9.57. The van der Waals surface area contributed by atoms with Crippen molar-refractivity contribution >= 4 is 28.4 Å². The van der Waals surface area contributed by atoms with E-state index in [-0.39, 0.29) is 23.2 Å². The van der Waals surface area contributed by atoms with E-state index in [9.17, 15) is 9.59 Å². The van der Waals surface area contributed by atoms with Crippen molar-refractivity contribution in [2.45, 2.75) is 6.42 Å². The molecule has 156 valence electrons. The van der Waals surface area contributed by atoms with Crippen molar-refractivity contribution in [1.82, 2.24) is 0 Å². The lowest BCUT2D eigenvalue weighted by Gasteiger charge is -2.12. The van der Waals surface area contributed by atoms with Crippen molar-refractivity contribution in [1.29, 1.82) is 0 Å². The van der Waals surface area contributed by atoms with Gasteiger partial charge >= 0.3 is 0 Å². The van der Waals surface area contributed by atoms with Crippen LogP contribution in [0.1, 0.15) is 15.9 Å². The highest BCUT2D eigenvalue weighted by molar-refractivity contribution is 6.30. The van der Waals surface area contributed by atoms with Crippen LogP contribution in [0, 0.1) is 0 Å². The molecule has 6 heteroatoms. The lowest BCUT2D eigenvalue weighted by Crippen LogP contribution is -2.16. The molecule has 0 aliphatic carbocycles. The summed E-state index contributed by atoms with van der Waals surface area (Å²) in [6.07, 6.45) is -0.121. The number of para-hydroxylation sites is 1. The molecule has 5 nitrogen and oxygen atoms in total. The van der Waals surface area contributed by atoms with Gasteiger partial charge in [-0.2, -0.15) is 0 Å². The number of ketones is 1. The van der Waals surface area contributed by atoms with Gasteiger partial charge in [0.2, 0.25) is 0 Å². The van der Waals surface area contributed by atoms with Crippen LogP contribution in [0.5, 0.6) is 11.5 Å². The Morgan fingerprint density at radius 2 is 1.58 bits per heavy atom. The molecule has 0 fully saturated rings. The first-order valence-corrected chi connectivity index (χ1v) is 9.95. The number of halogens is 1. The Kier molecular flexibility index (Phi) is 5.78. The topological polar surface area (TPSA) is 65.7 Å². The van der Waals surface area contributed by atoms with Gasteiger partial charge in [0.05, 0.1) is 25.2 Å². The summed E-state index contributed by atoms with van der Waals surface area (Å²) in [6, 6.07) is 18.7. The van der Waals surface area contributed by atoms with E-state index in [0.717, 1.165) is 0 Å². The second-order valence-electron chi connectivity index (χ2n) is 6.94. The molecule has 0 saturated carbocycles. The number of hydrogen-bond acceptors (Lipinski definition) is 5. The number of rotatable bonds is 6. The molecule has 4 rings (SSSR count). The number of carbonyl (C=O) groups excluding carboxylic acids is 1. The molecular formula is C25H19ClO5. The zero-order valence-electron chi connectivity index (χ0n) is 17.0. The predicted octanol–water partition coefficient (Wildman–Crippen LogP) is 5.56. The minimum absolute atomic E-state index is 0.121. The van der Waals surface area contributed by atoms with Crippen molar-refractivity contribution in [2.75, 3.05) is 14.2 Å². The van der Waals surface area contributed by atoms with Gasteiger partial charge in [0, 0.05) is 28.6 Å². The van der Waals surface area contributed by atoms with Crippen LogP contribution in [0.25, 0.3) is 22.3 Å². The van der Waals surface area contributed by atoms with Gasteiger partial charge in [0.1, 0.15) is 22.8 Å². The Morgan fingerprint density at radius 3 is 2.23 bits per heavy atom. The molecule has 0 saturated heterocycles. The Balaban J connectivity index is 1.91. The van der Waals surface area contributed by atoms with Crippen LogP contribution in [0.2, 0.25) is 5.02 Å². The van der Waals surface area contributed by atoms with E-state index in [1.165, 1.54) is 0 Å².